The van der Waals surface area contributed by atoms with Gasteiger partial charge < -0.3 is 14.6 Å². The molecule has 108 valence electrons. The van der Waals surface area contributed by atoms with Crippen LogP contribution in [0.1, 0.15) is 11.1 Å². The molecule has 1 unspecified atom stereocenters. The van der Waals surface area contributed by atoms with Crippen molar-refractivity contribution in [3.63, 3.8) is 0 Å². The number of fused-ring (bicyclic) bond motifs is 2. The molecule has 0 aliphatic carbocycles. The highest BCUT2D eigenvalue weighted by Crippen LogP contribution is 2.50. The van der Waals surface area contributed by atoms with Crippen LogP contribution >= 0.6 is 15.9 Å². The minimum atomic E-state index is -1.55. The van der Waals surface area contributed by atoms with Crippen molar-refractivity contribution in [1.82, 2.24) is 0 Å². The van der Waals surface area contributed by atoms with Crippen LogP contribution in [0.15, 0.2) is 47.5 Å². The molecule has 1 atom stereocenters. The largest absolute Gasteiger partial charge is 0.497 e. The van der Waals surface area contributed by atoms with Gasteiger partial charge in [-0.05, 0) is 24.3 Å². The molecule has 1 aliphatic heterocycles. The molecule has 2 aromatic carbocycles. The van der Waals surface area contributed by atoms with Crippen molar-refractivity contribution in [1.29, 1.82) is 0 Å². The summed E-state index contributed by atoms with van der Waals surface area (Å²) in [6.07, 6.45) is 1.36. The molecule has 3 nitrogen and oxygen atoms in total. The van der Waals surface area contributed by atoms with E-state index in [9.17, 15) is 9.50 Å². The van der Waals surface area contributed by atoms with E-state index in [2.05, 4.69) is 22.5 Å². The Morgan fingerprint density at radius 3 is 2.76 bits per heavy atom. The lowest BCUT2D eigenvalue weighted by Crippen LogP contribution is -2.29. The lowest BCUT2D eigenvalue weighted by atomic mass is 9.83. The van der Waals surface area contributed by atoms with Gasteiger partial charge in [0.15, 0.2) is 11.6 Å². The molecule has 1 N–H and O–H groups in total. The third-order valence-corrected chi connectivity index (χ3v) is 4.02. The highest BCUT2D eigenvalue weighted by molar-refractivity contribution is 9.10. The van der Waals surface area contributed by atoms with Crippen LogP contribution in [0, 0.1) is 5.82 Å². The highest BCUT2D eigenvalue weighted by atomic mass is 79.9. The Labute approximate surface area is 129 Å². The first-order chi connectivity index (χ1) is 9.99. The molecular weight excluding hydrogens is 339 g/mol. The zero-order valence-electron chi connectivity index (χ0n) is 11.2. The average Bonchev–Trinajstić information content (AvgIpc) is 2.49. The lowest BCUT2D eigenvalue weighted by molar-refractivity contribution is 0.119. The fraction of sp³-hybridized carbons (Fsp3) is 0.125. The molecule has 0 spiro atoms. The summed E-state index contributed by atoms with van der Waals surface area (Å²) in [4.78, 5) is 0. The predicted molar refractivity (Wildman–Crippen MR) is 80.4 cm³/mol. The third-order valence-electron chi connectivity index (χ3n) is 3.52. The molecule has 0 aromatic heterocycles. The first kappa shape index (κ1) is 14.1. The van der Waals surface area contributed by atoms with Crippen LogP contribution in [0.25, 0.3) is 0 Å². The molecule has 3 rings (SSSR count). The van der Waals surface area contributed by atoms with Crippen molar-refractivity contribution >= 4 is 15.9 Å². The van der Waals surface area contributed by atoms with E-state index in [4.69, 9.17) is 9.47 Å². The predicted octanol–water partition coefficient (Wildman–Crippen LogP) is 4.12. The zero-order chi connectivity index (χ0) is 15.2. The van der Waals surface area contributed by atoms with Crippen molar-refractivity contribution in [2.75, 3.05) is 7.11 Å². The van der Waals surface area contributed by atoms with Gasteiger partial charge in [0.25, 0.3) is 0 Å². The van der Waals surface area contributed by atoms with Crippen molar-refractivity contribution < 1.29 is 19.0 Å². The Kier molecular flexibility index (Phi) is 3.26. The normalized spacial score (nSPS) is 19.2. The molecule has 0 saturated carbocycles. The zero-order valence-corrected chi connectivity index (χ0v) is 12.8. The van der Waals surface area contributed by atoms with Gasteiger partial charge in [0.1, 0.15) is 17.1 Å². The van der Waals surface area contributed by atoms with E-state index in [1.807, 2.05) is 0 Å². The smallest absolute Gasteiger partial charge is 0.170 e. The van der Waals surface area contributed by atoms with Gasteiger partial charge in [0.2, 0.25) is 0 Å². The van der Waals surface area contributed by atoms with Crippen LogP contribution in [-0.2, 0) is 5.60 Å². The average molecular weight is 351 g/mol. The van der Waals surface area contributed by atoms with E-state index < -0.39 is 11.4 Å². The highest BCUT2D eigenvalue weighted by Gasteiger charge is 2.40. The van der Waals surface area contributed by atoms with E-state index >= 15 is 0 Å². The van der Waals surface area contributed by atoms with Crippen LogP contribution in [-0.4, -0.2) is 12.2 Å². The summed E-state index contributed by atoms with van der Waals surface area (Å²) in [6.45, 7) is 3.68. The standard InChI is InChI=1S/C16H12BrFO3/c1-3-16(19)11-6-9(17)4-5-14(11)21-15-12(16)7-10(20-2)8-13(15)18/h3-8,19H,1H2,2H3. The first-order valence-corrected chi connectivity index (χ1v) is 7.00. The Bertz CT molecular complexity index is 745. The summed E-state index contributed by atoms with van der Waals surface area (Å²) in [5, 5.41) is 11.0. The molecule has 21 heavy (non-hydrogen) atoms. The number of hydrogen-bond acceptors (Lipinski definition) is 3. The van der Waals surface area contributed by atoms with E-state index in [0.717, 1.165) is 4.47 Å². The Morgan fingerprint density at radius 1 is 1.33 bits per heavy atom. The second-order valence-corrected chi connectivity index (χ2v) is 5.61. The van der Waals surface area contributed by atoms with E-state index in [-0.39, 0.29) is 11.3 Å². The molecule has 1 aliphatic rings. The van der Waals surface area contributed by atoms with Gasteiger partial charge in [-0.3, -0.25) is 0 Å². The fourth-order valence-electron chi connectivity index (χ4n) is 2.44. The molecule has 0 fully saturated rings. The molecule has 0 radical (unpaired) electrons. The van der Waals surface area contributed by atoms with Crippen molar-refractivity contribution in [3.05, 3.63) is 64.4 Å². The second-order valence-electron chi connectivity index (χ2n) is 4.70. The van der Waals surface area contributed by atoms with Crippen LogP contribution in [0.3, 0.4) is 0 Å². The first-order valence-electron chi connectivity index (χ1n) is 6.21. The number of halogens is 2. The number of hydrogen-bond donors (Lipinski definition) is 1. The minimum Gasteiger partial charge on any atom is -0.497 e. The molecule has 0 bridgehead atoms. The molecule has 1 heterocycles. The maximum atomic E-state index is 14.2. The topological polar surface area (TPSA) is 38.7 Å². The summed E-state index contributed by atoms with van der Waals surface area (Å²) in [5.74, 6) is 0.0666. The van der Waals surface area contributed by atoms with E-state index in [1.54, 1.807) is 24.3 Å². The summed E-state index contributed by atoms with van der Waals surface area (Å²) < 4.78 is 25.6. The van der Waals surface area contributed by atoms with Crippen LogP contribution < -0.4 is 9.47 Å². The van der Waals surface area contributed by atoms with E-state index in [1.165, 1.54) is 19.3 Å². The quantitative estimate of drug-likeness (QED) is 0.827. The number of aliphatic hydroxyl groups is 1. The second kappa shape index (κ2) is 4.86. The Balaban J connectivity index is 2.33. The lowest BCUT2D eigenvalue weighted by Gasteiger charge is -2.34. The minimum absolute atomic E-state index is 0.0203. The molecule has 5 heteroatoms. The third kappa shape index (κ3) is 2.04. The number of rotatable bonds is 2. The maximum absolute atomic E-state index is 14.2. The van der Waals surface area contributed by atoms with Gasteiger partial charge in [-0.1, -0.05) is 28.6 Å². The van der Waals surface area contributed by atoms with Crippen LogP contribution in [0.4, 0.5) is 4.39 Å². The molecule has 0 saturated heterocycles. The maximum Gasteiger partial charge on any atom is 0.170 e. The van der Waals surface area contributed by atoms with Gasteiger partial charge in [0, 0.05) is 21.7 Å². The van der Waals surface area contributed by atoms with Crippen LogP contribution in [0.5, 0.6) is 17.2 Å². The van der Waals surface area contributed by atoms with Crippen LogP contribution in [0.2, 0.25) is 0 Å². The summed E-state index contributed by atoms with van der Waals surface area (Å²) in [5.41, 5.74) is -0.797. The molecule has 0 amide bonds. The number of methoxy groups -OCH3 is 1. The summed E-state index contributed by atoms with van der Waals surface area (Å²) >= 11 is 3.35. The van der Waals surface area contributed by atoms with Gasteiger partial charge in [-0.2, -0.15) is 0 Å². The molecular formula is C16H12BrFO3. The molecule has 2 aromatic rings. The van der Waals surface area contributed by atoms with Crippen molar-refractivity contribution in [2.24, 2.45) is 0 Å². The number of ether oxygens (including phenoxy) is 2. The van der Waals surface area contributed by atoms with Crippen molar-refractivity contribution in [3.8, 4) is 17.2 Å². The summed E-state index contributed by atoms with van der Waals surface area (Å²) in [7, 11) is 1.43. The SMILES string of the molecule is C=CC1(O)c2cc(Br)ccc2Oc2c(F)cc(OC)cc21. The summed E-state index contributed by atoms with van der Waals surface area (Å²) in [6, 6.07) is 7.91. The van der Waals surface area contributed by atoms with Gasteiger partial charge in [0.05, 0.1) is 7.11 Å². The van der Waals surface area contributed by atoms with E-state index in [0.29, 0.717) is 17.1 Å². The van der Waals surface area contributed by atoms with Crippen molar-refractivity contribution in [2.45, 2.75) is 5.60 Å². The van der Waals surface area contributed by atoms with Gasteiger partial charge in [-0.25, -0.2) is 4.39 Å². The Hall–Kier alpha value is -1.85. The van der Waals surface area contributed by atoms with Gasteiger partial charge >= 0.3 is 0 Å². The fourth-order valence-corrected chi connectivity index (χ4v) is 2.80. The monoisotopic (exact) mass is 350 g/mol. The Morgan fingerprint density at radius 2 is 2.10 bits per heavy atom. The van der Waals surface area contributed by atoms with Gasteiger partial charge in [-0.15, -0.1) is 0 Å². The number of benzene rings is 2.